The molecule has 1 heterocycles. The van der Waals surface area contributed by atoms with Gasteiger partial charge >= 0.3 is 0 Å². The average molecular weight is 177 g/mol. The summed E-state index contributed by atoms with van der Waals surface area (Å²) in [6, 6.07) is 6.66. The number of aromatic nitrogens is 1. The van der Waals surface area contributed by atoms with Crippen molar-refractivity contribution in [1.82, 2.24) is 0 Å². The fourth-order valence-corrected chi connectivity index (χ4v) is 1.17. The van der Waals surface area contributed by atoms with Crippen molar-refractivity contribution >= 4 is 11.0 Å². The molecule has 0 aliphatic rings. The maximum Gasteiger partial charge on any atom is 0.289 e. The molecule has 0 saturated carbocycles. The van der Waals surface area contributed by atoms with E-state index in [0.29, 0.717) is 11.0 Å². The molecule has 66 valence electrons. The van der Waals surface area contributed by atoms with E-state index in [-0.39, 0.29) is 16.0 Å². The Morgan fingerprint density at radius 2 is 2.08 bits per heavy atom. The Balaban J connectivity index is 3.03. The SMILES string of the molecule is Cc1c(=O)c2ccccc2o[n+]1[O-]. The van der Waals surface area contributed by atoms with E-state index in [0.717, 1.165) is 0 Å². The minimum absolute atomic E-state index is 0.0544. The second-order valence-corrected chi connectivity index (χ2v) is 2.76. The van der Waals surface area contributed by atoms with E-state index in [1.165, 1.54) is 6.92 Å². The van der Waals surface area contributed by atoms with E-state index in [4.69, 9.17) is 4.52 Å². The molecule has 2 aromatic rings. The zero-order valence-corrected chi connectivity index (χ0v) is 6.98. The second kappa shape index (κ2) is 2.58. The molecule has 0 bridgehead atoms. The summed E-state index contributed by atoms with van der Waals surface area (Å²) in [5.41, 5.74) is 0.0867. The van der Waals surface area contributed by atoms with E-state index in [1.54, 1.807) is 24.3 Å². The zero-order valence-electron chi connectivity index (χ0n) is 6.98. The highest BCUT2D eigenvalue weighted by Crippen LogP contribution is 2.06. The Bertz CT molecular complexity index is 516. The van der Waals surface area contributed by atoms with E-state index in [1.807, 2.05) is 0 Å². The average Bonchev–Trinajstić information content (AvgIpc) is 2.15. The number of para-hydroxylation sites is 1. The van der Waals surface area contributed by atoms with Crippen molar-refractivity contribution in [2.75, 3.05) is 0 Å². The van der Waals surface area contributed by atoms with Crippen LogP contribution in [-0.4, -0.2) is 0 Å². The molecular weight excluding hydrogens is 170 g/mol. The fourth-order valence-electron chi connectivity index (χ4n) is 1.17. The van der Waals surface area contributed by atoms with Gasteiger partial charge in [0, 0.05) is 17.2 Å². The molecule has 0 spiro atoms. The molecule has 0 radical (unpaired) electrons. The highest BCUT2D eigenvalue weighted by Gasteiger charge is 2.10. The standard InChI is InChI=1S/C9H7NO3/c1-6-9(11)7-4-2-3-5-8(7)13-10(6)12/h2-5H,1H3. The molecule has 0 fully saturated rings. The first-order valence-corrected chi connectivity index (χ1v) is 3.82. The van der Waals surface area contributed by atoms with Gasteiger partial charge in [-0.15, -0.1) is 0 Å². The summed E-state index contributed by atoms with van der Waals surface area (Å²) in [4.78, 5) is 11.7. The van der Waals surface area contributed by atoms with Crippen molar-refractivity contribution in [2.24, 2.45) is 0 Å². The number of rotatable bonds is 0. The van der Waals surface area contributed by atoms with Gasteiger partial charge in [0.05, 0.1) is 5.58 Å². The van der Waals surface area contributed by atoms with Gasteiger partial charge in [-0.25, -0.2) is 0 Å². The highest BCUT2D eigenvalue weighted by atomic mass is 16.7. The lowest BCUT2D eigenvalue weighted by Crippen LogP contribution is -2.35. The molecule has 4 heteroatoms. The Morgan fingerprint density at radius 1 is 1.38 bits per heavy atom. The van der Waals surface area contributed by atoms with E-state index >= 15 is 0 Å². The van der Waals surface area contributed by atoms with Crippen LogP contribution in [0.15, 0.2) is 33.6 Å². The zero-order chi connectivity index (χ0) is 9.42. The van der Waals surface area contributed by atoms with Gasteiger partial charge in [0.25, 0.3) is 11.1 Å². The van der Waals surface area contributed by atoms with E-state index in [2.05, 4.69) is 0 Å². The summed E-state index contributed by atoms with van der Waals surface area (Å²) in [5.74, 6) is 0. The maximum atomic E-state index is 11.5. The lowest BCUT2D eigenvalue weighted by atomic mass is 10.2. The third kappa shape index (κ3) is 1.07. The minimum Gasteiger partial charge on any atom is -0.366 e. The molecule has 0 unspecified atom stereocenters. The largest absolute Gasteiger partial charge is 0.366 e. The molecule has 0 aliphatic carbocycles. The van der Waals surface area contributed by atoms with Crippen LogP contribution in [0, 0.1) is 12.1 Å². The van der Waals surface area contributed by atoms with Crippen LogP contribution in [0.5, 0.6) is 0 Å². The van der Waals surface area contributed by atoms with Crippen LogP contribution >= 0.6 is 0 Å². The molecule has 13 heavy (non-hydrogen) atoms. The monoisotopic (exact) mass is 177 g/mol. The van der Waals surface area contributed by atoms with Crippen LogP contribution in [0.1, 0.15) is 5.69 Å². The van der Waals surface area contributed by atoms with Crippen molar-refractivity contribution in [3.8, 4) is 0 Å². The number of benzene rings is 1. The molecule has 0 amide bonds. The number of fused-ring (bicyclic) bond motifs is 1. The van der Waals surface area contributed by atoms with Crippen LogP contribution in [0.25, 0.3) is 11.0 Å². The Morgan fingerprint density at radius 3 is 2.85 bits per heavy atom. The van der Waals surface area contributed by atoms with Gasteiger partial charge in [-0.2, -0.15) is 0 Å². The number of nitrogens with zero attached hydrogens (tertiary/aromatic N) is 1. The van der Waals surface area contributed by atoms with E-state index < -0.39 is 0 Å². The maximum absolute atomic E-state index is 11.5. The van der Waals surface area contributed by atoms with Gasteiger partial charge in [0.15, 0.2) is 0 Å². The van der Waals surface area contributed by atoms with Crippen LogP contribution in [0.3, 0.4) is 0 Å². The predicted octanol–water partition coefficient (Wildman–Crippen LogP) is 0.735. The first kappa shape index (κ1) is 7.79. The molecule has 1 aromatic carbocycles. The van der Waals surface area contributed by atoms with Gasteiger partial charge in [-0.1, -0.05) is 12.1 Å². The summed E-state index contributed by atoms with van der Waals surface area (Å²) in [6.07, 6.45) is 0. The van der Waals surface area contributed by atoms with Gasteiger partial charge in [0.1, 0.15) is 0 Å². The summed E-state index contributed by atoms with van der Waals surface area (Å²) in [5, 5.41) is 11.4. The van der Waals surface area contributed by atoms with Crippen molar-refractivity contribution in [2.45, 2.75) is 6.92 Å². The minimum atomic E-state index is -0.281. The van der Waals surface area contributed by atoms with Crippen LogP contribution in [0.4, 0.5) is 0 Å². The summed E-state index contributed by atoms with van der Waals surface area (Å²) in [6.45, 7) is 1.44. The third-order valence-electron chi connectivity index (χ3n) is 1.92. The van der Waals surface area contributed by atoms with Gasteiger partial charge < -0.3 is 4.52 Å². The van der Waals surface area contributed by atoms with Crippen LogP contribution in [-0.2, 0) is 0 Å². The number of hydrogen-bond acceptors (Lipinski definition) is 3. The number of hydrogen-bond donors (Lipinski definition) is 0. The van der Waals surface area contributed by atoms with E-state index in [9.17, 15) is 10.0 Å². The lowest BCUT2D eigenvalue weighted by Gasteiger charge is -1.98. The smallest absolute Gasteiger partial charge is 0.289 e. The van der Waals surface area contributed by atoms with Crippen LogP contribution < -0.4 is 10.3 Å². The highest BCUT2D eigenvalue weighted by molar-refractivity contribution is 5.75. The Labute approximate surface area is 73.6 Å². The van der Waals surface area contributed by atoms with Gasteiger partial charge in [0.2, 0.25) is 0 Å². The van der Waals surface area contributed by atoms with Gasteiger partial charge in [-0.05, 0) is 12.1 Å². The second-order valence-electron chi connectivity index (χ2n) is 2.76. The first-order valence-electron chi connectivity index (χ1n) is 3.82. The van der Waals surface area contributed by atoms with Crippen molar-refractivity contribution in [1.29, 1.82) is 0 Å². The molecule has 4 nitrogen and oxygen atoms in total. The van der Waals surface area contributed by atoms with Crippen molar-refractivity contribution in [3.63, 3.8) is 0 Å². The summed E-state index contributed by atoms with van der Waals surface area (Å²) in [7, 11) is 0. The summed E-state index contributed by atoms with van der Waals surface area (Å²) < 4.78 is 4.83. The summed E-state index contributed by atoms with van der Waals surface area (Å²) >= 11 is 0. The first-order chi connectivity index (χ1) is 6.20. The predicted molar refractivity (Wildman–Crippen MR) is 46.2 cm³/mol. The molecule has 1 aromatic heterocycles. The quantitative estimate of drug-likeness (QED) is 0.557. The molecule has 0 atom stereocenters. The van der Waals surface area contributed by atoms with Gasteiger partial charge in [-0.3, -0.25) is 10.0 Å². The Hall–Kier alpha value is -1.84. The lowest BCUT2D eigenvalue weighted by molar-refractivity contribution is -0.798. The molecular formula is C9H7NO3. The molecule has 2 rings (SSSR count). The molecule has 0 aliphatic heterocycles. The van der Waals surface area contributed by atoms with Crippen LogP contribution in [0.2, 0.25) is 0 Å². The Kier molecular flexibility index (Phi) is 1.55. The topological polar surface area (TPSA) is 57.2 Å². The van der Waals surface area contributed by atoms with Crippen molar-refractivity contribution in [3.05, 3.63) is 45.4 Å². The normalized spacial score (nSPS) is 10.5. The molecule has 0 N–H and O–H groups in total. The molecule has 0 saturated heterocycles. The third-order valence-corrected chi connectivity index (χ3v) is 1.92. The van der Waals surface area contributed by atoms with Crippen molar-refractivity contribution < 1.29 is 9.43 Å². The fraction of sp³-hybridized carbons (Fsp3) is 0.111.